The van der Waals surface area contributed by atoms with Crippen molar-refractivity contribution in [1.29, 1.82) is 0 Å². The molecule has 0 bridgehead atoms. The lowest BCUT2D eigenvalue weighted by Gasteiger charge is -2.50. The Morgan fingerprint density at radius 1 is 1.08 bits per heavy atom. The van der Waals surface area contributed by atoms with E-state index in [0.717, 1.165) is 21.2 Å². The standard InChI is InChI=1S/C27H35N5O4/c1-16(2)15-31-23-22(25(34)30(5)26(31)35)32(17(3)14-27(4,28)36)24(33)21(29-23)13-19-11-8-10-18-9-6-7-12-20(18)19/h6-12,16-17,22-23,36H,13-15,28H2,1-5H3. The van der Waals surface area contributed by atoms with Crippen LogP contribution in [0.15, 0.2) is 47.5 Å². The molecule has 2 heterocycles. The van der Waals surface area contributed by atoms with Gasteiger partial charge >= 0.3 is 6.03 Å². The molecule has 0 radical (unpaired) electrons. The summed E-state index contributed by atoms with van der Waals surface area (Å²) < 4.78 is 0. The molecule has 2 aromatic carbocycles. The number of carbonyl (C=O) groups excluding carboxylic acids is 3. The number of hydrogen-bond donors (Lipinski definition) is 2. The van der Waals surface area contributed by atoms with Crippen LogP contribution in [0.25, 0.3) is 10.8 Å². The van der Waals surface area contributed by atoms with Crippen LogP contribution >= 0.6 is 0 Å². The first-order valence-corrected chi connectivity index (χ1v) is 12.3. The lowest BCUT2D eigenvalue weighted by molar-refractivity contribution is -0.151. The molecule has 9 heteroatoms. The Bertz CT molecular complexity index is 1210. The van der Waals surface area contributed by atoms with Gasteiger partial charge in [0.1, 0.15) is 11.4 Å². The summed E-state index contributed by atoms with van der Waals surface area (Å²) in [5, 5.41) is 12.4. The minimum Gasteiger partial charge on any atom is -0.376 e. The molecule has 192 valence electrons. The number of imide groups is 1. The van der Waals surface area contributed by atoms with E-state index in [4.69, 9.17) is 10.7 Å². The normalized spacial score (nSPS) is 23.2. The summed E-state index contributed by atoms with van der Waals surface area (Å²) in [6.45, 7) is 7.57. The smallest absolute Gasteiger partial charge is 0.328 e. The highest BCUT2D eigenvalue weighted by molar-refractivity contribution is 6.40. The Kier molecular flexibility index (Phi) is 6.90. The van der Waals surface area contributed by atoms with Crippen LogP contribution in [0.3, 0.4) is 0 Å². The second-order valence-corrected chi connectivity index (χ2v) is 10.6. The number of carbonyl (C=O) groups is 3. The lowest BCUT2D eigenvalue weighted by atomic mass is 9.94. The molecule has 9 nitrogen and oxygen atoms in total. The number of hydrogen-bond acceptors (Lipinski definition) is 6. The number of fused-ring (bicyclic) bond motifs is 2. The predicted molar refractivity (Wildman–Crippen MR) is 138 cm³/mol. The highest BCUT2D eigenvalue weighted by Crippen LogP contribution is 2.31. The molecule has 4 unspecified atom stereocenters. The van der Waals surface area contributed by atoms with Gasteiger partial charge in [0.25, 0.3) is 11.8 Å². The number of benzene rings is 2. The van der Waals surface area contributed by atoms with Crippen molar-refractivity contribution < 1.29 is 19.5 Å². The third-order valence-electron chi connectivity index (χ3n) is 6.77. The summed E-state index contributed by atoms with van der Waals surface area (Å²) in [5.74, 6) is -0.752. The quantitative estimate of drug-likeness (QED) is 0.574. The number of aliphatic imine (C=N–C) groups is 1. The van der Waals surface area contributed by atoms with E-state index in [9.17, 15) is 19.5 Å². The van der Waals surface area contributed by atoms with Gasteiger partial charge in [0.15, 0.2) is 12.2 Å². The Labute approximate surface area is 211 Å². The molecule has 1 saturated heterocycles. The highest BCUT2D eigenvalue weighted by atomic mass is 16.3. The van der Waals surface area contributed by atoms with Gasteiger partial charge in [-0.15, -0.1) is 0 Å². The summed E-state index contributed by atoms with van der Waals surface area (Å²) in [6.07, 6.45) is -0.547. The highest BCUT2D eigenvalue weighted by Gasteiger charge is 2.53. The zero-order valence-electron chi connectivity index (χ0n) is 21.5. The molecule has 2 aliphatic heterocycles. The second-order valence-electron chi connectivity index (χ2n) is 10.6. The van der Waals surface area contributed by atoms with Crippen molar-refractivity contribution >= 4 is 34.3 Å². The second kappa shape index (κ2) is 9.63. The van der Waals surface area contributed by atoms with Gasteiger partial charge in [-0.3, -0.25) is 24.4 Å². The van der Waals surface area contributed by atoms with Gasteiger partial charge in [0.05, 0.1) is 0 Å². The van der Waals surface area contributed by atoms with Crippen LogP contribution in [-0.4, -0.2) is 80.9 Å². The third kappa shape index (κ3) is 4.85. The fourth-order valence-electron chi connectivity index (χ4n) is 5.29. The Balaban J connectivity index is 1.83. The van der Waals surface area contributed by atoms with Crippen molar-refractivity contribution in [2.45, 2.75) is 64.5 Å². The molecule has 0 spiro atoms. The Hall–Kier alpha value is -3.30. The molecule has 2 aromatic rings. The van der Waals surface area contributed by atoms with Crippen molar-refractivity contribution in [1.82, 2.24) is 14.7 Å². The van der Waals surface area contributed by atoms with E-state index in [1.807, 2.05) is 56.3 Å². The van der Waals surface area contributed by atoms with Gasteiger partial charge in [0.2, 0.25) is 0 Å². The van der Waals surface area contributed by atoms with Crippen molar-refractivity contribution in [2.24, 2.45) is 16.6 Å². The molecular weight excluding hydrogens is 458 g/mol. The van der Waals surface area contributed by atoms with Crippen LogP contribution < -0.4 is 5.73 Å². The van der Waals surface area contributed by atoms with Crippen LogP contribution in [0.5, 0.6) is 0 Å². The van der Waals surface area contributed by atoms with E-state index in [0.29, 0.717) is 6.54 Å². The predicted octanol–water partition coefficient (Wildman–Crippen LogP) is 2.36. The molecule has 0 saturated carbocycles. The zero-order chi connectivity index (χ0) is 26.4. The van der Waals surface area contributed by atoms with Crippen LogP contribution in [0.2, 0.25) is 0 Å². The SMILES string of the molecule is CC(C)CN1C(=O)N(C)C(=O)C2C1N=C(Cc1cccc3ccccc13)C(=O)N2C(C)CC(C)(N)O. The van der Waals surface area contributed by atoms with Gasteiger partial charge < -0.3 is 15.7 Å². The largest absolute Gasteiger partial charge is 0.376 e. The molecule has 2 aliphatic rings. The van der Waals surface area contributed by atoms with Crippen molar-refractivity contribution in [3.63, 3.8) is 0 Å². The molecule has 0 aromatic heterocycles. The first-order chi connectivity index (χ1) is 16.9. The van der Waals surface area contributed by atoms with Gasteiger partial charge in [-0.1, -0.05) is 56.3 Å². The molecule has 0 aliphatic carbocycles. The van der Waals surface area contributed by atoms with E-state index in [1.54, 1.807) is 11.8 Å². The number of nitrogens with two attached hydrogens (primary N) is 1. The summed E-state index contributed by atoms with van der Waals surface area (Å²) in [5.41, 5.74) is 5.54. The Morgan fingerprint density at radius 2 is 1.75 bits per heavy atom. The van der Waals surface area contributed by atoms with Crippen molar-refractivity contribution in [2.75, 3.05) is 13.6 Å². The molecule has 4 atom stereocenters. The summed E-state index contributed by atoms with van der Waals surface area (Å²) in [7, 11) is 1.43. The van der Waals surface area contributed by atoms with Crippen molar-refractivity contribution in [3.8, 4) is 0 Å². The zero-order valence-corrected chi connectivity index (χ0v) is 21.5. The molecule has 4 rings (SSSR count). The van der Waals surface area contributed by atoms with Gasteiger partial charge in [0, 0.05) is 32.5 Å². The average molecular weight is 494 g/mol. The molecule has 36 heavy (non-hydrogen) atoms. The maximum absolute atomic E-state index is 13.9. The van der Waals surface area contributed by atoms with E-state index < -0.39 is 35.9 Å². The van der Waals surface area contributed by atoms with Crippen LogP contribution in [-0.2, 0) is 16.0 Å². The Morgan fingerprint density at radius 3 is 2.42 bits per heavy atom. The minimum atomic E-state index is -1.55. The van der Waals surface area contributed by atoms with Crippen LogP contribution in [0.4, 0.5) is 4.79 Å². The minimum absolute atomic E-state index is 0.0542. The molecular formula is C27H35N5O4. The van der Waals surface area contributed by atoms with E-state index in [2.05, 4.69) is 0 Å². The summed E-state index contributed by atoms with van der Waals surface area (Å²) in [4.78, 5) is 49.3. The molecule has 1 fully saturated rings. The van der Waals surface area contributed by atoms with E-state index in [1.165, 1.54) is 18.9 Å². The van der Waals surface area contributed by atoms with E-state index >= 15 is 0 Å². The third-order valence-corrected chi connectivity index (χ3v) is 6.77. The summed E-state index contributed by atoms with van der Waals surface area (Å²) >= 11 is 0. The topological polar surface area (TPSA) is 120 Å². The van der Waals surface area contributed by atoms with Gasteiger partial charge in [-0.2, -0.15) is 0 Å². The number of likely N-dealkylation sites (N-methyl/N-ethyl adjacent to an activating group) is 1. The molecule has 3 N–H and O–H groups in total. The monoisotopic (exact) mass is 493 g/mol. The number of urea groups is 1. The van der Waals surface area contributed by atoms with Gasteiger partial charge in [-0.05, 0) is 36.1 Å². The van der Waals surface area contributed by atoms with Gasteiger partial charge in [-0.25, -0.2) is 4.79 Å². The first kappa shape index (κ1) is 25.8. The molecule has 4 amide bonds. The summed E-state index contributed by atoms with van der Waals surface area (Å²) in [6, 6.07) is 11.8. The lowest BCUT2D eigenvalue weighted by Crippen LogP contribution is -2.72. The number of aliphatic hydroxyl groups is 1. The van der Waals surface area contributed by atoms with Crippen LogP contribution in [0, 0.1) is 5.92 Å². The fourth-order valence-corrected chi connectivity index (χ4v) is 5.29. The number of amides is 4. The van der Waals surface area contributed by atoms with E-state index in [-0.39, 0.29) is 30.4 Å². The maximum atomic E-state index is 13.9. The average Bonchev–Trinajstić information content (AvgIpc) is 2.80. The number of rotatable bonds is 7. The van der Waals surface area contributed by atoms with Crippen molar-refractivity contribution in [3.05, 3.63) is 48.0 Å². The first-order valence-electron chi connectivity index (χ1n) is 12.3. The maximum Gasteiger partial charge on any atom is 0.328 e. The number of nitrogens with zero attached hydrogens (tertiary/aromatic N) is 4. The van der Waals surface area contributed by atoms with Crippen LogP contribution in [0.1, 0.15) is 39.7 Å². The fraction of sp³-hybridized carbons (Fsp3) is 0.481.